The lowest BCUT2D eigenvalue weighted by atomic mass is 9.98. The van der Waals surface area contributed by atoms with Crippen LogP contribution < -0.4 is 10.3 Å². The summed E-state index contributed by atoms with van der Waals surface area (Å²) >= 11 is 0. The fraction of sp³-hybridized carbons (Fsp3) is 0.182. The summed E-state index contributed by atoms with van der Waals surface area (Å²) in [6.45, 7) is 2.25. The molecule has 0 saturated carbocycles. The second-order valence-corrected chi connectivity index (χ2v) is 6.94. The van der Waals surface area contributed by atoms with Gasteiger partial charge in [0.15, 0.2) is 11.2 Å². The minimum Gasteiger partial charge on any atom is -0.508 e. The number of fused-ring (bicyclic) bond motifs is 1. The number of imidazole rings is 1. The Labute approximate surface area is 176 Å². The third-order valence-electron chi connectivity index (χ3n) is 4.77. The van der Waals surface area contributed by atoms with Gasteiger partial charge in [0.1, 0.15) is 17.3 Å². The van der Waals surface area contributed by atoms with E-state index in [9.17, 15) is 14.7 Å². The minimum atomic E-state index is -0.900. The summed E-state index contributed by atoms with van der Waals surface area (Å²) in [6, 6.07) is 10.4. The number of aromatic amines is 2. The van der Waals surface area contributed by atoms with Crippen molar-refractivity contribution in [2.45, 2.75) is 19.8 Å². The Morgan fingerprint density at radius 2 is 2.00 bits per heavy atom. The highest BCUT2D eigenvalue weighted by atomic mass is 16.5. The Bertz CT molecular complexity index is 1330. The molecule has 2 aromatic carbocycles. The van der Waals surface area contributed by atoms with Crippen molar-refractivity contribution in [2.24, 2.45) is 0 Å². The fourth-order valence-corrected chi connectivity index (χ4v) is 3.38. The van der Waals surface area contributed by atoms with Crippen LogP contribution in [0.25, 0.3) is 33.7 Å². The normalized spacial score (nSPS) is 11.0. The Morgan fingerprint density at radius 1 is 1.16 bits per heavy atom. The third-order valence-corrected chi connectivity index (χ3v) is 4.77. The zero-order valence-corrected chi connectivity index (χ0v) is 16.7. The first-order valence-electron chi connectivity index (χ1n) is 9.70. The van der Waals surface area contributed by atoms with Crippen LogP contribution in [0, 0.1) is 0 Å². The van der Waals surface area contributed by atoms with Gasteiger partial charge in [-0.15, -0.1) is 0 Å². The summed E-state index contributed by atoms with van der Waals surface area (Å²) in [5.41, 5.74) is 3.07. The number of phenols is 1. The van der Waals surface area contributed by atoms with E-state index in [2.05, 4.69) is 19.9 Å². The first-order chi connectivity index (χ1) is 14.9. The number of aromatic nitrogens is 4. The number of carboxylic acids is 1. The van der Waals surface area contributed by atoms with Gasteiger partial charge in [-0.1, -0.05) is 12.1 Å². The lowest BCUT2D eigenvalue weighted by Gasteiger charge is -2.13. The van der Waals surface area contributed by atoms with Crippen LogP contribution >= 0.6 is 0 Å². The predicted octanol–water partition coefficient (Wildman–Crippen LogP) is 3.10. The summed E-state index contributed by atoms with van der Waals surface area (Å²) < 4.78 is 5.80. The van der Waals surface area contributed by atoms with Gasteiger partial charge < -0.3 is 24.9 Å². The number of carbonyl (C=O) groups is 1. The van der Waals surface area contributed by atoms with Gasteiger partial charge in [-0.3, -0.25) is 9.59 Å². The van der Waals surface area contributed by atoms with E-state index < -0.39 is 5.97 Å². The lowest BCUT2D eigenvalue weighted by Crippen LogP contribution is -2.10. The molecular weight excluding hydrogens is 400 g/mol. The van der Waals surface area contributed by atoms with E-state index in [-0.39, 0.29) is 17.7 Å². The molecule has 0 saturated heterocycles. The molecule has 0 fully saturated rings. The van der Waals surface area contributed by atoms with Crippen LogP contribution in [-0.2, 0) is 11.2 Å². The summed E-state index contributed by atoms with van der Waals surface area (Å²) in [4.78, 5) is 37.1. The predicted molar refractivity (Wildman–Crippen MR) is 114 cm³/mol. The smallest absolute Gasteiger partial charge is 0.303 e. The van der Waals surface area contributed by atoms with Crippen molar-refractivity contribution in [1.29, 1.82) is 0 Å². The number of aromatic hydroxyl groups is 1. The van der Waals surface area contributed by atoms with Crippen molar-refractivity contribution in [3.8, 4) is 34.0 Å². The maximum absolute atomic E-state index is 12.3. The van der Waals surface area contributed by atoms with Gasteiger partial charge in [0.25, 0.3) is 5.56 Å². The van der Waals surface area contributed by atoms with Gasteiger partial charge in [0, 0.05) is 6.42 Å². The number of nitrogens with zero attached hydrogens (tertiary/aromatic N) is 2. The molecule has 158 valence electrons. The van der Waals surface area contributed by atoms with Crippen molar-refractivity contribution < 1.29 is 19.7 Å². The number of H-pyrrole nitrogens is 2. The monoisotopic (exact) mass is 420 g/mol. The van der Waals surface area contributed by atoms with Crippen LogP contribution in [0.4, 0.5) is 0 Å². The molecule has 2 aromatic heterocycles. The van der Waals surface area contributed by atoms with E-state index in [1.807, 2.05) is 19.1 Å². The van der Waals surface area contributed by atoms with Crippen molar-refractivity contribution in [2.75, 3.05) is 6.61 Å². The van der Waals surface area contributed by atoms with E-state index in [0.717, 1.165) is 16.7 Å². The maximum Gasteiger partial charge on any atom is 0.303 e. The van der Waals surface area contributed by atoms with Gasteiger partial charge in [-0.25, -0.2) is 9.97 Å². The molecule has 2 heterocycles. The van der Waals surface area contributed by atoms with Crippen molar-refractivity contribution in [3.63, 3.8) is 0 Å². The molecule has 31 heavy (non-hydrogen) atoms. The largest absolute Gasteiger partial charge is 0.508 e. The van der Waals surface area contributed by atoms with E-state index in [4.69, 9.17) is 9.84 Å². The molecule has 0 radical (unpaired) electrons. The minimum absolute atomic E-state index is 0.0271. The molecule has 0 atom stereocenters. The van der Waals surface area contributed by atoms with Crippen LogP contribution in [0.2, 0.25) is 0 Å². The van der Waals surface area contributed by atoms with Gasteiger partial charge in [-0.2, -0.15) is 0 Å². The van der Waals surface area contributed by atoms with Crippen LogP contribution in [0.15, 0.2) is 47.5 Å². The van der Waals surface area contributed by atoms with Crippen LogP contribution in [-0.4, -0.2) is 42.7 Å². The number of aliphatic carboxylic acids is 1. The SMILES string of the molecule is CCOc1cc(-c2cc(O)cc(CCC(=O)O)c2)ccc1-c1nc2nc[nH]c2c(=O)[nH]1. The third kappa shape index (κ3) is 4.25. The van der Waals surface area contributed by atoms with Crippen LogP contribution in [0.5, 0.6) is 11.5 Å². The quantitative estimate of drug-likeness (QED) is 0.360. The van der Waals surface area contributed by atoms with Gasteiger partial charge in [0.2, 0.25) is 0 Å². The Kier molecular flexibility index (Phi) is 5.40. The second-order valence-electron chi connectivity index (χ2n) is 6.94. The summed E-state index contributed by atoms with van der Waals surface area (Å²) in [6.07, 6.45) is 1.69. The average Bonchev–Trinajstić information content (AvgIpc) is 3.21. The molecule has 4 N–H and O–H groups in total. The number of hydrogen-bond donors (Lipinski definition) is 4. The number of phenolic OH excluding ortho intramolecular Hbond substituents is 1. The fourth-order valence-electron chi connectivity index (χ4n) is 3.38. The highest BCUT2D eigenvalue weighted by molar-refractivity contribution is 5.77. The van der Waals surface area contributed by atoms with E-state index in [0.29, 0.717) is 41.3 Å². The molecule has 0 aliphatic carbocycles. The number of hydrogen-bond acceptors (Lipinski definition) is 6. The molecular formula is C22H20N4O5. The number of ether oxygens (including phenoxy) is 1. The lowest BCUT2D eigenvalue weighted by molar-refractivity contribution is -0.136. The van der Waals surface area contributed by atoms with E-state index in [1.165, 1.54) is 6.33 Å². The zero-order valence-electron chi connectivity index (χ0n) is 16.7. The second kappa shape index (κ2) is 8.31. The maximum atomic E-state index is 12.3. The first kappa shape index (κ1) is 20.1. The molecule has 4 rings (SSSR count). The highest BCUT2D eigenvalue weighted by Gasteiger charge is 2.14. The van der Waals surface area contributed by atoms with E-state index >= 15 is 0 Å². The Morgan fingerprint density at radius 3 is 2.77 bits per heavy atom. The first-order valence-corrected chi connectivity index (χ1v) is 9.70. The molecule has 0 aliphatic heterocycles. The van der Waals surface area contributed by atoms with Crippen molar-refractivity contribution in [1.82, 2.24) is 19.9 Å². The van der Waals surface area contributed by atoms with Crippen LogP contribution in [0.1, 0.15) is 18.9 Å². The molecule has 4 aromatic rings. The number of benzene rings is 2. The highest BCUT2D eigenvalue weighted by Crippen LogP contribution is 2.34. The molecule has 9 nitrogen and oxygen atoms in total. The van der Waals surface area contributed by atoms with Crippen molar-refractivity contribution in [3.05, 3.63) is 58.6 Å². The molecule has 0 bridgehead atoms. The summed E-state index contributed by atoms with van der Waals surface area (Å²) in [5, 5.41) is 19.0. The molecule has 0 unspecified atom stereocenters. The van der Waals surface area contributed by atoms with Crippen LogP contribution in [0.3, 0.4) is 0 Å². The van der Waals surface area contributed by atoms with Gasteiger partial charge in [0.05, 0.1) is 18.5 Å². The zero-order chi connectivity index (χ0) is 22.0. The standard InChI is InChI=1S/C22H20N4O5/c1-2-31-17-10-13(14-7-12(3-6-18(28)29)8-15(27)9-14)4-5-16(17)20-25-21-19(22(30)26-20)23-11-24-21/h4-5,7-11,27H,2-3,6H2,1H3,(H,28,29)(H2,23,24,25,26,30). The number of nitrogens with one attached hydrogen (secondary N) is 2. The Balaban J connectivity index is 1.77. The average molecular weight is 420 g/mol. The molecule has 0 spiro atoms. The molecule has 0 amide bonds. The number of aryl methyl sites for hydroxylation is 1. The topological polar surface area (TPSA) is 141 Å². The van der Waals surface area contributed by atoms with Gasteiger partial charge in [-0.05, 0) is 54.3 Å². The summed E-state index contributed by atoms with van der Waals surface area (Å²) in [5.74, 6) is -0.00993. The molecule has 0 aliphatic rings. The number of carboxylic acid groups (broad SMARTS) is 1. The van der Waals surface area contributed by atoms with Crippen molar-refractivity contribution >= 4 is 17.1 Å². The number of rotatable bonds is 7. The van der Waals surface area contributed by atoms with E-state index in [1.54, 1.807) is 24.3 Å². The molecule has 9 heteroatoms. The summed E-state index contributed by atoms with van der Waals surface area (Å²) in [7, 11) is 0. The Hall–Kier alpha value is -4.14. The van der Waals surface area contributed by atoms with Gasteiger partial charge >= 0.3 is 5.97 Å².